The first kappa shape index (κ1) is 11.6. The van der Waals surface area contributed by atoms with Crippen molar-refractivity contribution in [3.63, 3.8) is 0 Å². The number of nitrogens with one attached hydrogen (secondary N) is 1. The van der Waals surface area contributed by atoms with Gasteiger partial charge in [0.05, 0.1) is 6.20 Å². The number of aromatic nitrogens is 2. The first-order chi connectivity index (χ1) is 7.66. The predicted octanol–water partition coefficient (Wildman–Crippen LogP) is 2.16. The Balaban J connectivity index is 2.10. The molecule has 0 aliphatic carbocycles. The van der Waals surface area contributed by atoms with Gasteiger partial charge in [0.2, 0.25) is 0 Å². The Bertz CT molecular complexity index is 330. The summed E-state index contributed by atoms with van der Waals surface area (Å²) in [6.07, 6.45) is 6.79. The van der Waals surface area contributed by atoms with Crippen LogP contribution in [0, 0.1) is 11.8 Å². The summed E-state index contributed by atoms with van der Waals surface area (Å²) in [5, 5.41) is 7.82. The largest absolute Gasteiger partial charge is 0.316 e. The van der Waals surface area contributed by atoms with E-state index in [4.69, 9.17) is 0 Å². The van der Waals surface area contributed by atoms with Crippen LogP contribution in [0.1, 0.15) is 38.2 Å². The van der Waals surface area contributed by atoms with E-state index in [2.05, 4.69) is 30.5 Å². The van der Waals surface area contributed by atoms with Crippen molar-refractivity contribution in [3.05, 3.63) is 18.0 Å². The van der Waals surface area contributed by atoms with E-state index in [1.807, 2.05) is 17.9 Å². The average molecular weight is 221 g/mol. The van der Waals surface area contributed by atoms with Gasteiger partial charge in [-0.2, -0.15) is 5.10 Å². The smallest absolute Gasteiger partial charge is 0.0524 e. The fourth-order valence-corrected chi connectivity index (χ4v) is 2.85. The molecule has 1 saturated heterocycles. The van der Waals surface area contributed by atoms with Crippen molar-refractivity contribution in [2.75, 3.05) is 13.1 Å². The van der Waals surface area contributed by atoms with Crippen molar-refractivity contribution in [2.45, 2.75) is 32.6 Å². The lowest BCUT2D eigenvalue weighted by molar-refractivity contribution is 0.280. The van der Waals surface area contributed by atoms with Crippen molar-refractivity contribution >= 4 is 0 Å². The molecule has 1 N–H and O–H groups in total. The first-order valence-corrected chi connectivity index (χ1v) is 6.36. The van der Waals surface area contributed by atoms with Crippen LogP contribution in [0.25, 0.3) is 0 Å². The molecule has 0 bridgehead atoms. The van der Waals surface area contributed by atoms with E-state index in [0.717, 1.165) is 24.9 Å². The Morgan fingerprint density at radius 3 is 3.00 bits per heavy atom. The van der Waals surface area contributed by atoms with Crippen LogP contribution in [0.15, 0.2) is 12.4 Å². The van der Waals surface area contributed by atoms with E-state index in [1.165, 1.54) is 18.4 Å². The van der Waals surface area contributed by atoms with Gasteiger partial charge in [-0.05, 0) is 49.2 Å². The SMILES string of the molecule is CC(C)CC1CNCCC1c1cnn(C)c1. The summed E-state index contributed by atoms with van der Waals surface area (Å²) >= 11 is 0. The summed E-state index contributed by atoms with van der Waals surface area (Å²) < 4.78 is 1.92. The van der Waals surface area contributed by atoms with Crippen LogP contribution in [-0.2, 0) is 7.05 Å². The van der Waals surface area contributed by atoms with Gasteiger partial charge in [-0.3, -0.25) is 4.68 Å². The molecule has 0 spiro atoms. The third kappa shape index (κ3) is 2.64. The minimum Gasteiger partial charge on any atom is -0.316 e. The molecule has 1 aliphatic rings. The lowest BCUT2D eigenvalue weighted by Crippen LogP contribution is -2.36. The zero-order chi connectivity index (χ0) is 11.5. The standard InChI is InChI=1S/C13H23N3/c1-10(2)6-11-7-14-5-4-13(11)12-8-15-16(3)9-12/h8-11,13-14H,4-7H2,1-3H3. The highest BCUT2D eigenvalue weighted by molar-refractivity contribution is 5.14. The molecule has 16 heavy (non-hydrogen) atoms. The molecule has 1 fully saturated rings. The third-order valence-electron chi connectivity index (χ3n) is 3.53. The maximum absolute atomic E-state index is 4.30. The van der Waals surface area contributed by atoms with E-state index in [0.29, 0.717) is 5.92 Å². The second-order valence-corrected chi connectivity index (χ2v) is 5.44. The lowest BCUT2D eigenvalue weighted by Gasteiger charge is -2.32. The Hall–Kier alpha value is -0.830. The van der Waals surface area contributed by atoms with E-state index in [-0.39, 0.29) is 0 Å². The van der Waals surface area contributed by atoms with E-state index < -0.39 is 0 Å². The van der Waals surface area contributed by atoms with Gasteiger partial charge in [-0.15, -0.1) is 0 Å². The molecular formula is C13H23N3. The maximum atomic E-state index is 4.30. The monoisotopic (exact) mass is 221 g/mol. The number of hydrogen-bond acceptors (Lipinski definition) is 2. The van der Waals surface area contributed by atoms with Crippen molar-refractivity contribution in [2.24, 2.45) is 18.9 Å². The Morgan fingerprint density at radius 2 is 2.38 bits per heavy atom. The van der Waals surface area contributed by atoms with Crippen molar-refractivity contribution in [3.8, 4) is 0 Å². The van der Waals surface area contributed by atoms with Gasteiger partial charge in [0.1, 0.15) is 0 Å². The molecule has 1 aliphatic heterocycles. The highest BCUT2D eigenvalue weighted by atomic mass is 15.2. The molecule has 2 unspecified atom stereocenters. The summed E-state index contributed by atoms with van der Waals surface area (Å²) in [5.74, 6) is 2.26. The van der Waals surface area contributed by atoms with Gasteiger partial charge in [0, 0.05) is 13.2 Å². The fraction of sp³-hybridized carbons (Fsp3) is 0.769. The molecular weight excluding hydrogens is 198 g/mol. The van der Waals surface area contributed by atoms with E-state index in [9.17, 15) is 0 Å². The number of nitrogens with zero attached hydrogens (tertiary/aromatic N) is 2. The summed E-state index contributed by atoms with van der Waals surface area (Å²) in [5.41, 5.74) is 1.43. The number of rotatable bonds is 3. The van der Waals surface area contributed by atoms with Crippen LogP contribution in [0.4, 0.5) is 0 Å². The number of hydrogen-bond donors (Lipinski definition) is 1. The summed E-state index contributed by atoms with van der Waals surface area (Å²) in [6.45, 7) is 6.94. The first-order valence-electron chi connectivity index (χ1n) is 6.36. The Kier molecular flexibility index (Phi) is 3.64. The van der Waals surface area contributed by atoms with Crippen molar-refractivity contribution in [1.29, 1.82) is 0 Å². The van der Waals surface area contributed by atoms with Crippen molar-refractivity contribution < 1.29 is 0 Å². The van der Waals surface area contributed by atoms with Gasteiger partial charge in [-0.25, -0.2) is 0 Å². The predicted molar refractivity (Wildman–Crippen MR) is 66.4 cm³/mol. The van der Waals surface area contributed by atoms with Gasteiger partial charge in [-0.1, -0.05) is 13.8 Å². The molecule has 3 heteroatoms. The molecule has 2 rings (SSSR count). The Morgan fingerprint density at radius 1 is 1.56 bits per heavy atom. The van der Waals surface area contributed by atoms with Crippen molar-refractivity contribution in [1.82, 2.24) is 15.1 Å². The average Bonchev–Trinajstić information content (AvgIpc) is 2.65. The zero-order valence-electron chi connectivity index (χ0n) is 10.6. The summed E-state index contributed by atoms with van der Waals surface area (Å²) in [7, 11) is 2.00. The van der Waals surface area contributed by atoms with Crippen LogP contribution in [-0.4, -0.2) is 22.9 Å². The van der Waals surface area contributed by atoms with Gasteiger partial charge >= 0.3 is 0 Å². The minimum absolute atomic E-state index is 0.706. The van der Waals surface area contributed by atoms with Crippen LogP contribution < -0.4 is 5.32 Å². The molecule has 0 saturated carbocycles. The van der Waals surface area contributed by atoms with Crippen LogP contribution in [0.3, 0.4) is 0 Å². The molecule has 90 valence electrons. The highest BCUT2D eigenvalue weighted by Gasteiger charge is 2.27. The minimum atomic E-state index is 0.706. The van der Waals surface area contributed by atoms with E-state index in [1.54, 1.807) is 0 Å². The normalized spacial score (nSPS) is 26.2. The number of aryl methyl sites for hydroxylation is 1. The van der Waals surface area contributed by atoms with Gasteiger partial charge in [0.25, 0.3) is 0 Å². The molecule has 0 radical (unpaired) electrons. The number of piperidine rings is 1. The quantitative estimate of drug-likeness (QED) is 0.847. The molecule has 2 atom stereocenters. The van der Waals surface area contributed by atoms with Gasteiger partial charge in [0.15, 0.2) is 0 Å². The topological polar surface area (TPSA) is 29.9 Å². The van der Waals surface area contributed by atoms with Crippen LogP contribution >= 0.6 is 0 Å². The fourth-order valence-electron chi connectivity index (χ4n) is 2.85. The molecule has 3 nitrogen and oxygen atoms in total. The second-order valence-electron chi connectivity index (χ2n) is 5.44. The molecule has 0 aromatic carbocycles. The van der Waals surface area contributed by atoms with E-state index >= 15 is 0 Å². The van der Waals surface area contributed by atoms with Gasteiger partial charge < -0.3 is 5.32 Å². The summed E-state index contributed by atoms with van der Waals surface area (Å²) in [6, 6.07) is 0. The van der Waals surface area contributed by atoms with Crippen LogP contribution in [0.2, 0.25) is 0 Å². The molecule has 1 aromatic heterocycles. The molecule has 2 heterocycles. The molecule has 1 aromatic rings. The summed E-state index contributed by atoms with van der Waals surface area (Å²) in [4.78, 5) is 0. The lowest BCUT2D eigenvalue weighted by atomic mass is 9.78. The Labute approximate surface area is 98.2 Å². The second kappa shape index (κ2) is 5.00. The molecule has 0 amide bonds. The maximum Gasteiger partial charge on any atom is 0.0524 e. The highest BCUT2D eigenvalue weighted by Crippen LogP contribution is 2.33. The third-order valence-corrected chi connectivity index (χ3v) is 3.53. The zero-order valence-corrected chi connectivity index (χ0v) is 10.6. The van der Waals surface area contributed by atoms with Crippen LogP contribution in [0.5, 0.6) is 0 Å².